The predicted octanol–water partition coefficient (Wildman–Crippen LogP) is 4.68. The summed E-state index contributed by atoms with van der Waals surface area (Å²) in [6, 6.07) is 12.6. The number of halogens is 2. The highest BCUT2D eigenvalue weighted by Crippen LogP contribution is 2.22. The van der Waals surface area contributed by atoms with Crippen molar-refractivity contribution in [3.8, 4) is 0 Å². The van der Waals surface area contributed by atoms with Crippen LogP contribution in [-0.2, 0) is 6.54 Å². The first kappa shape index (κ1) is 16.7. The van der Waals surface area contributed by atoms with Crippen molar-refractivity contribution in [2.75, 3.05) is 5.32 Å². The first-order chi connectivity index (χ1) is 10.5. The van der Waals surface area contributed by atoms with Gasteiger partial charge in [-0.2, -0.15) is 0 Å². The van der Waals surface area contributed by atoms with Gasteiger partial charge in [-0.15, -0.1) is 0 Å². The molecule has 0 saturated carbocycles. The average Bonchev–Trinajstić information content (AvgIpc) is 2.49. The molecule has 2 rings (SSSR count). The van der Waals surface area contributed by atoms with Crippen LogP contribution in [0.4, 0.5) is 5.69 Å². The molecule has 6 heteroatoms. The molecule has 3 nitrogen and oxygen atoms in total. The Labute approximate surface area is 144 Å². The van der Waals surface area contributed by atoms with Crippen LogP contribution in [0.2, 0.25) is 10.0 Å². The normalized spacial score (nSPS) is 10.1. The number of benzene rings is 2. The van der Waals surface area contributed by atoms with Crippen molar-refractivity contribution in [1.29, 1.82) is 0 Å². The maximum absolute atomic E-state index is 11.2. The number of Topliss-reactive ketones (excluding diaryl/α,β-unsaturated/α-hetero) is 1. The molecule has 0 amide bonds. The fourth-order valence-corrected chi connectivity index (χ4v) is 2.31. The van der Waals surface area contributed by atoms with E-state index in [1.54, 1.807) is 24.3 Å². The minimum absolute atomic E-state index is 0.0341. The summed E-state index contributed by atoms with van der Waals surface area (Å²) in [5.74, 6) is 0.0341. The van der Waals surface area contributed by atoms with Crippen LogP contribution in [0.25, 0.3) is 0 Å². The molecule has 2 aromatic carbocycles. The van der Waals surface area contributed by atoms with Crippen LogP contribution in [0.15, 0.2) is 42.5 Å². The predicted molar refractivity (Wildman–Crippen MR) is 96.0 cm³/mol. The lowest BCUT2D eigenvalue weighted by atomic mass is 10.1. The summed E-state index contributed by atoms with van der Waals surface area (Å²) in [7, 11) is 0. The van der Waals surface area contributed by atoms with E-state index in [0.717, 1.165) is 11.3 Å². The van der Waals surface area contributed by atoms with Crippen LogP contribution in [0, 0.1) is 0 Å². The van der Waals surface area contributed by atoms with Gasteiger partial charge in [0.05, 0.1) is 10.0 Å². The zero-order chi connectivity index (χ0) is 16.1. The van der Waals surface area contributed by atoms with Gasteiger partial charge in [-0.3, -0.25) is 4.79 Å². The maximum Gasteiger partial charge on any atom is 0.171 e. The molecule has 0 aliphatic heterocycles. The third kappa shape index (κ3) is 4.70. The van der Waals surface area contributed by atoms with E-state index in [9.17, 15) is 4.79 Å². The van der Waals surface area contributed by atoms with Gasteiger partial charge in [0.2, 0.25) is 0 Å². The van der Waals surface area contributed by atoms with Gasteiger partial charge in [0, 0.05) is 17.8 Å². The van der Waals surface area contributed by atoms with Gasteiger partial charge in [0.25, 0.3) is 0 Å². The molecule has 0 heterocycles. The second kappa shape index (κ2) is 7.58. The molecule has 0 aliphatic carbocycles. The maximum atomic E-state index is 11.2. The zero-order valence-electron chi connectivity index (χ0n) is 11.8. The Kier molecular flexibility index (Phi) is 5.77. The number of carbonyl (C=O) groups is 1. The number of ketones is 1. The summed E-state index contributed by atoms with van der Waals surface area (Å²) in [6.07, 6.45) is 0. The van der Waals surface area contributed by atoms with Crippen LogP contribution in [0.3, 0.4) is 0 Å². The first-order valence-electron chi connectivity index (χ1n) is 6.55. The van der Waals surface area contributed by atoms with Gasteiger partial charge in [-0.05, 0) is 61.1 Å². The van der Waals surface area contributed by atoms with Crippen molar-refractivity contribution < 1.29 is 4.79 Å². The standard InChI is InChI=1S/C16H14Cl2N2OS/c1-10(21)12-3-5-13(6-4-12)20-16(22)19-9-11-2-7-14(17)15(18)8-11/h2-8H,9H2,1H3,(H2,19,20,22). The van der Waals surface area contributed by atoms with Gasteiger partial charge >= 0.3 is 0 Å². The largest absolute Gasteiger partial charge is 0.358 e. The van der Waals surface area contributed by atoms with Crippen LogP contribution in [0.5, 0.6) is 0 Å². The summed E-state index contributed by atoms with van der Waals surface area (Å²) in [5.41, 5.74) is 2.46. The minimum atomic E-state index is 0.0341. The highest BCUT2D eigenvalue weighted by Gasteiger charge is 2.03. The molecule has 0 aromatic heterocycles. The van der Waals surface area contributed by atoms with Crippen molar-refractivity contribution in [3.63, 3.8) is 0 Å². The van der Waals surface area contributed by atoms with Crippen molar-refractivity contribution in [2.45, 2.75) is 13.5 Å². The quantitative estimate of drug-likeness (QED) is 0.618. The third-order valence-electron chi connectivity index (χ3n) is 2.99. The Bertz CT molecular complexity index is 702. The average molecular weight is 353 g/mol. The van der Waals surface area contributed by atoms with Crippen molar-refractivity contribution in [1.82, 2.24) is 5.32 Å². The van der Waals surface area contributed by atoms with Crippen molar-refractivity contribution in [2.24, 2.45) is 0 Å². The summed E-state index contributed by atoms with van der Waals surface area (Å²) in [5, 5.41) is 7.66. The Balaban J connectivity index is 1.89. The molecule has 0 saturated heterocycles. The molecule has 0 atom stereocenters. The van der Waals surface area contributed by atoms with E-state index in [1.807, 2.05) is 18.2 Å². The Morgan fingerprint density at radius 3 is 2.36 bits per heavy atom. The molecular formula is C16H14Cl2N2OS. The number of hydrogen-bond acceptors (Lipinski definition) is 2. The van der Waals surface area contributed by atoms with Gasteiger partial charge in [-0.1, -0.05) is 29.3 Å². The van der Waals surface area contributed by atoms with E-state index in [0.29, 0.717) is 27.3 Å². The third-order valence-corrected chi connectivity index (χ3v) is 3.97. The SMILES string of the molecule is CC(=O)c1ccc(NC(=S)NCc2ccc(Cl)c(Cl)c2)cc1. The Hall–Kier alpha value is -1.62. The van der Waals surface area contributed by atoms with E-state index in [1.165, 1.54) is 6.92 Å². The lowest BCUT2D eigenvalue weighted by molar-refractivity contribution is 0.101. The second-order valence-electron chi connectivity index (χ2n) is 4.69. The van der Waals surface area contributed by atoms with Crippen LogP contribution in [0.1, 0.15) is 22.8 Å². The van der Waals surface area contributed by atoms with Crippen LogP contribution < -0.4 is 10.6 Å². The Morgan fingerprint density at radius 1 is 1.09 bits per heavy atom. The molecular weight excluding hydrogens is 339 g/mol. The van der Waals surface area contributed by atoms with Gasteiger partial charge in [0.1, 0.15) is 0 Å². The smallest absolute Gasteiger partial charge is 0.171 e. The fourth-order valence-electron chi connectivity index (χ4n) is 1.80. The van der Waals surface area contributed by atoms with Gasteiger partial charge in [-0.25, -0.2) is 0 Å². The van der Waals surface area contributed by atoms with Gasteiger partial charge < -0.3 is 10.6 Å². The number of thiocarbonyl (C=S) groups is 1. The lowest BCUT2D eigenvalue weighted by Gasteiger charge is -2.11. The molecule has 0 unspecified atom stereocenters. The Morgan fingerprint density at radius 2 is 1.77 bits per heavy atom. The van der Waals surface area contributed by atoms with E-state index in [2.05, 4.69) is 10.6 Å². The van der Waals surface area contributed by atoms with Gasteiger partial charge in [0.15, 0.2) is 10.9 Å². The summed E-state index contributed by atoms with van der Waals surface area (Å²) in [4.78, 5) is 11.2. The first-order valence-corrected chi connectivity index (χ1v) is 7.72. The molecule has 0 radical (unpaired) electrons. The molecule has 0 fully saturated rings. The fraction of sp³-hybridized carbons (Fsp3) is 0.125. The van der Waals surface area contributed by atoms with Crippen LogP contribution >= 0.6 is 35.4 Å². The highest BCUT2D eigenvalue weighted by atomic mass is 35.5. The van der Waals surface area contributed by atoms with Crippen molar-refractivity contribution in [3.05, 3.63) is 63.6 Å². The number of rotatable bonds is 4. The zero-order valence-corrected chi connectivity index (χ0v) is 14.1. The highest BCUT2D eigenvalue weighted by molar-refractivity contribution is 7.80. The molecule has 0 bridgehead atoms. The molecule has 2 aromatic rings. The lowest BCUT2D eigenvalue weighted by Crippen LogP contribution is -2.27. The summed E-state index contributed by atoms with van der Waals surface area (Å²) < 4.78 is 0. The molecule has 114 valence electrons. The topological polar surface area (TPSA) is 41.1 Å². The van der Waals surface area contributed by atoms with Crippen LogP contribution in [-0.4, -0.2) is 10.9 Å². The van der Waals surface area contributed by atoms with E-state index in [4.69, 9.17) is 35.4 Å². The van der Waals surface area contributed by atoms with Crippen molar-refractivity contribution >= 4 is 52.0 Å². The van der Waals surface area contributed by atoms with E-state index >= 15 is 0 Å². The monoisotopic (exact) mass is 352 g/mol. The summed E-state index contributed by atoms with van der Waals surface area (Å²) >= 11 is 17.1. The second-order valence-corrected chi connectivity index (χ2v) is 5.91. The number of nitrogens with one attached hydrogen (secondary N) is 2. The molecule has 0 aliphatic rings. The molecule has 22 heavy (non-hydrogen) atoms. The number of carbonyl (C=O) groups excluding carboxylic acids is 1. The van der Waals surface area contributed by atoms with E-state index in [-0.39, 0.29) is 5.78 Å². The number of hydrogen-bond donors (Lipinski definition) is 2. The number of anilines is 1. The molecule has 0 spiro atoms. The summed E-state index contributed by atoms with van der Waals surface area (Å²) in [6.45, 7) is 2.07. The van der Waals surface area contributed by atoms with E-state index < -0.39 is 0 Å². The molecule has 2 N–H and O–H groups in total. The minimum Gasteiger partial charge on any atom is -0.358 e.